The minimum atomic E-state index is -0.0811. The Kier molecular flexibility index (Phi) is 4.30. The lowest BCUT2D eigenvalue weighted by Gasteiger charge is -2.21. The van der Waals surface area contributed by atoms with Gasteiger partial charge in [-0.1, -0.05) is 5.92 Å². The molecule has 72 valence electrons. The summed E-state index contributed by atoms with van der Waals surface area (Å²) in [6.45, 7) is 1.84. The molecule has 0 aliphatic carbocycles. The maximum absolute atomic E-state index is 11.3. The Morgan fingerprint density at radius 2 is 2.62 bits per heavy atom. The van der Waals surface area contributed by atoms with Gasteiger partial charge in [0.2, 0.25) is 5.91 Å². The third-order valence-corrected chi connectivity index (χ3v) is 2.00. The molecule has 4 nitrogen and oxygen atoms in total. The number of hydrogen-bond donors (Lipinski definition) is 2. The second kappa shape index (κ2) is 5.57. The van der Waals surface area contributed by atoms with Gasteiger partial charge in [0.05, 0.1) is 5.92 Å². The van der Waals surface area contributed by atoms with Crippen molar-refractivity contribution in [2.75, 3.05) is 19.7 Å². The fourth-order valence-corrected chi connectivity index (χ4v) is 1.31. The van der Waals surface area contributed by atoms with Crippen LogP contribution in [0.3, 0.4) is 0 Å². The van der Waals surface area contributed by atoms with Crippen molar-refractivity contribution in [2.45, 2.75) is 12.8 Å². The first-order valence-electron chi connectivity index (χ1n) is 4.40. The van der Waals surface area contributed by atoms with E-state index in [2.05, 4.69) is 16.7 Å². The molecule has 1 fully saturated rings. The van der Waals surface area contributed by atoms with E-state index < -0.39 is 0 Å². The molecule has 0 aromatic rings. The fourth-order valence-electron chi connectivity index (χ4n) is 1.31. The molecule has 0 unspecified atom stereocenters. The average Bonchev–Trinajstić information content (AvgIpc) is 2.19. The minimum Gasteiger partial charge on any atom is -0.316 e. The number of amides is 1. The molecule has 0 spiro atoms. The van der Waals surface area contributed by atoms with Crippen LogP contribution in [0.4, 0.5) is 0 Å². The van der Waals surface area contributed by atoms with Crippen molar-refractivity contribution in [2.24, 2.45) is 5.92 Å². The predicted octanol–water partition coefficient (Wildman–Crippen LogP) is -0.333. The largest absolute Gasteiger partial charge is 0.316 e. The quantitative estimate of drug-likeness (QED) is 0.357. The van der Waals surface area contributed by atoms with Crippen molar-refractivity contribution < 1.29 is 9.63 Å². The van der Waals surface area contributed by atoms with E-state index in [1.165, 1.54) is 0 Å². The van der Waals surface area contributed by atoms with Gasteiger partial charge in [0, 0.05) is 6.54 Å². The lowest BCUT2D eigenvalue weighted by atomic mass is 9.99. The van der Waals surface area contributed by atoms with Crippen LogP contribution in [0.5, 0.6) is 0 Å². The van der Waals surface area contributed by atoms with E-state index in [0.29, 0.717) is 0 Å². The highest BCUT2D eigenvalue weighted by Gasteiger charge is 2.20. The van der Waals surface area contributed by atoms with Crippen molar-refractivity contribution in [1.82, 2.24) is 10.8 Å². The van der Waals surface area contributed by atoms with E-state index in [9.17, 15) is 4.79 Å². The highest BCUT2D eigenvalue weighted by Crippen LogP contribution is 2.09. The molecule has 4 heteroatoms. The second-order valence-corrected chi connectivity index (χ2v) is 3.00. The van der Waals surface area contributed by atoms with Gasteiger partial charge in [-0.15, -0.1) is 6.42 Å². The summed E-state index contributed by atoms with van der Waals surface area (Å²) in [4.78, 5) is 16.1. The molecule has 0 saturated carbocycles. The van der Waals surface area contributed by atoms with Crippen LogP contribution in [-0.4, -0.2) is 25.6 Å². The lowest BCUT2D eigenvalue weighted by Crippen LogP contribution is -2.40. The van der Waals surface area contributed by atoms with E-state index in [1.54, 1.807) is 0 Å². The molecular formula is C9H14N2O2. The zero-order valence-corrected chi connectivity index (χ0v) is 7.51. The first-order chi connectivity index (χ1) is 6.34. The van der Waals surface area contributed by atoms with Crippen LogP contribution >= 0.6 is 0 Å². The smallest absolute Gasteiger partial charge is 0.247 e. The van der Waals surface area contributed by atoms with Gasteiger partial charge in [0.1, 0.15) is 6.61 Å². The molecule has 0 aromatic carbocycles. The Labute approximate surface area is 78.0 Å². The van der Waals surface area contributed by atoms with Crippen LogP contribution in [0.25, 0.3) is 0 Å². The molecule has 0 radical (unpaired) electrons. The fraction of sp³-hybridized carbons (Fsp3) is 0.667. The first kappa shape index (κ1) is 10.0. The van der Waals surface area contributed by atoms with Gasteiger partial charge < -0.3 is 5.32 Å². The first-order valence-corrected chi connectivity index (χ1v) is 4.40. The standard InChI is InChI=1S/C9H14N2O2/c1-2-6-13-11-9(12)8-4-3-5-10-7-8/h1,8,10H,3-7H2,(H,11,12)/t8-/m0/s1. The van der Waals surface area contributed by atoms with Crippen molar-refractivity contribution in [1.29, 1.82) is 0 Å². The van der Waals surface area contributed by atoms with Gasteiger partial charge in [0.15, 0.2) is 0 Å². The molecule has 13 heavy (non-hydrogen) atoms. The van der Waals surface area contributed by atoms with Crippen LogP contribution < -0.4 is 10.8 Å². The number of hydroxylamine groups is 1. The van der Waals surface area contributed by atoms with Gasteiger partial charge in [-0.3, -0.25) is 9.63 Å². The van der Waals surface area contributed by atoms with Gasteiger partial charge in [-0.25, -0.2) is 5.48 Å². The number of carbonyl (C=O) groups excluding carboxylic acids is 1. The topological polar surface area (TPSA) is 50.4 Å². The van der Waals surface area contributed by atoms with Crippen LogP contribution in [-0.2, 0) is 9.63 Å². The number of piperidine rings is 1. The monoisotopic (exact) mass is 182 g/mol. The van der Waals surface area contributed by atoms with Crippen molar-refractivity contribution in [3.63, 3.8) is 0 Å². The summed E-state index contributed by atoms with van der Waals surface area (Å²) in [5.74, 6) is 2.21. The summed E-state index contributed by atoms with van der Waals surface area (Å²) < 4.78 is 0. The molecule has 1 aliphatic heterocycles. The number of hydrogen-bond acceptors (Lipinski definition) is 3. The predicted molar refractivity (Wildman–Crippen MR) is 48.5 cm³/mol. The van der Waals surface area contributed by atoms with E-state index >= 15 is 0 Å². The molecule has 1 atom stereocenters. The summed E-state index contributed by atoms with van der Waals surface area (Å²) in [6.07, 6.45) is 6.90. The molecule has 1 aliphatic rings. The Bertz CT molecular complexity index is 204. The van der Waals surface area contributed by atoms with Crippen molar-refractivity contribution >= 4 is 5.91 Å². The summed E-state index contributed by atoms with van der Waals surface area (Å²) >= 11 is 0. The van der Waals surface area contributed by atoms with Crippen LogP contribution in [0.1, 0.15) is 12.8 Å². The van der Waals surface area contributed by atoms with Gasteiger partial charge in [0.25, 0.3) is 0 Å². The normalized spacial score (nSPS) is 21.9. The highest BCUT2D eigenvalue weighted by atomic mass is 16.6. The van der Waals surface area contributed by atoms with Crippen LogP contribution in [0.15, 0.2) is 0 Å². The number of nitrogens with one attached hydrogen (secondary N) is 2. The summed E-state index contributed by atoms with van der Waals surface area (Å²) in [5.41, 5.74) is 2.33. The molecule has 1 rings (SSSR count). The Hall–Kier alpha value is -1.05. The summed E-state index contributed by atoms with van der Waals surface area (Å²) in [7, 11) is 0. The van der Waals surface area contributed by atoms with Gasteiger partial charge in [-0.05, 0) is 19.4 Å². The maximum Gasteiger partial charge on any atom is 0.247 e. The Morgan fingerprint density at radius 1 is 1.77 bits per heavy atom. The maximum atomic E-state index is 11.3. The Balaban J connectivity index is 2.18. The zero-order chi connectivity index (χ0) is 9.52. The molecule has 1 heterocycles. The SMILES string of the molecule is C#CCONC(=O)[C@H]1CCCNC1. The van der Waals surface area contributed by atoms with Gasteiger partial charge in [-0.2, -0.15) is 0 Å². The van der Waals surface area contributed by atoms with Crippen molar-refractivity contribution in [3.8, 4) is 12.3 Å². The molecule has 2 N–H and O–H groups in total. The lowest BCUT2D eigenvalue weighted by molar-refractivity contribution is -0.137. The number of terminal acetylenes is 1. The molecule has 0 aromatic heterocycles. The third kappa shape index (κ3) is 3.45. The zero-order valence-electron chi connectivity index (χ0n) is 7.51. The summed E-state index contributed by atoms with van der Waals surface area (Å²) in [6, 6.07) is 0. The second-order valence-electron chi connectivity index (χ2n) is 3.00. The van der Waals surface area contributed by atoms with Crippen molar-refractivity contribution in [3.05, 3.63) is 0 Å². The highest BCUT2D eigenvalue weighted by molar-refractivity contribution is 5.77. The van der Waals surface area contributed by atoms with E-state index in [1.807, 2.05) is 0 Å². The molecule has 1 amide bonds. The molecule has 0 bridgehead atoms. The van der Waals surface area contributed by atoms with Gasteiger partial charge >= 0.3 is 0 Å². The summed E-state index contributed by atoms with van der Waals surface area (Å²) in [5, 5.41) is 3.15. The van der Waals surface area contributed by atoms with Crippen LogP contribution in [0, 0.1) is 18.3 Å². The molecule has 1 saturated heterocycles. The number of carbonyl (C=O) groups is 1. The number of rotatable bonds is 3. The Morgan fingerprint density at radius 3 is 3.23 bits per heavy atom. The minimum absolute atomic E-state index is 0.0199. The van der Waals surface area contributed by atoms with Crippen LogP contribution in [0.2, 0.25) is 0 Å². The molecular weight excluding hydrogens is 168 g/mol. The third-order valence-electron chi connectivity index (χ3n) is 2.00. The van der Waals surface area contributed by atoms with E-state index in [4.69, 9.17) is 11.3 Å². The van der Waals surface area contributed by atoms with E-state index in [0.717, 1.165) is 25.9 Å². The average molecular weight is 182 g/mol. The van der Waals surface area contributed by atoms with E-state index in [-0.39, 0.29) is 18.4 Å².